The number of nitrogens with two attached hydrogens (primary N) is 1. The lowest BCUT2D eigenvalue weighted by molar-refractivity contribution is 0.161. The van der Waals surface area contributed by atoms with Crippen molar-refractivity contribution in [2.24, 2.45) is 10.7 Å². The molecule has 0 bridgehead atoms. The average molecular weight is 353 g/mol. The minimum Gasteiger partial charge on any atom is -0.402 e. The molecule has 0 saturated carbocycles. The third-order valence-electron chi connectivity index (χ3n) is 3.44. The maximum atomic E-state index is 14.3. The molecule has 0 amide bonds. The van der Waals surface area contributed by atoms with Gasteiger partial charge in [0, 0.05) is 42.3 Å². The molecular weight excluding hydrogens is 334 g/mol. The lowest BCUT2D eigenvalue weighted by Gasteiger charge is -2.11. The van der Waals surface area contributed by atoms with E-state index in [0.717, 1.165) is 6.21 Å². The molecule has 0 aliphatic heterocycles. The topological polar surface area (TPSA) is 50.4 Å². The second kappa shape index (κ2) is 8.32. The van der Waals surface area contributed by atoms with Gasteiger partial charge in [0.15, 0.2) is 0 Å². The summed E-state index contributed by atoms with van der Waals surface area (Å²) < 4.78 is 52.4. The van der Waals surface area contributed by atoms with Gasteiger partial charge in [-0.05, 0) is 31.2 Å². The number of hydrogen-bond acceptors (Lipinski definition) is 3. The molecule has 2 aromatic carbocycles. The number of rotatable bonds is 6. The Bertz CT molecular complexity index is 803. The largest absolute Gasteiger partial charge is 0.402 e. The molecule has 7 heteroatoms. The summed E-state index contributed by atoms with van der Waals surface area (Å²) >= 11 is 0. The molecule has 0 saturated heterocycles. The van der Waals surface area contributed by atoms with Crippen LogP contribution in [-0.2, 0) is 6.54 Å². The Kier molecular flexibility index (Phi) is 6.16. The Morgan fingerprint density at radius 1 is 1.20 bits per heavy atom. The van der Waals surface area contributed by atoms with Crippen molar-refractivity contribution in [2.45, 2.75) is 20.0 Å². The van der Waals surface area contributed by atoms with Crippen molar-refractivity contribution in [1.82, 2.24) is 0 Å². The molecule has 2 aromatic rings. The van der Waals surface area contributed by atoms with Crippen LogP contribution in [0.2, 0.25) is 0 Å². The highest BCUT2D eigenvalue weighted by molar-refractivity contribution is 6.10. The van der Waals surface area contributed by atoms with Crippen LogP contribution in [0.15, 0.2) is 53.2 Å². The zero-order chi connectivity index (χ0) is 18.4. The second-order valence-electron chi connectivity index (χ2n) is 5.29. The van der Waals surface area contributed by atoms with Gasteiger partial charge in [0.05, 0.1) is 0 Å². The van der Waals surface area contributed by atoms with Gasteiger partial charge in [0.25, 0.3) is 0 Å². The summed E-state index contributed by atoms with van der Waals surface area (Å²) in [6, 6.07) is 10.4. The van der Waals surface area contributed by atoms with Crippen molar-refractivity contribution in [3.05, 3.63) is 70.9 Å². The van der Waals surface area contributed by atoms with Gasteiger partial charge >= 0.3 is 6.55 Å². The van der Waals surface area contributed by atoms with Crippen LogP contribution in [0.4, 0.5) is 23.2 Å². The first kappa shape index (κ1) is 18.5. The summed E-state index contributed by atoms with van der Waals surface area (Å²) in [7, 11) is 0. The second-order valence-corrected chi connectivity index (χ2v) is 5.29. The molecule has 0 aromatic heterocycles. The van der Waals surface area contributed by atoms with Gasteiger partial charge in [-0.1, -0.05) is 18.2 Å². The first-order valence-electron chi connectivity index (χ1n) is 7.43. The smallest absolute Gasteiger partial charge is 0.331 e. The van der Waals surface area contributed by atoms with Crippen LogP contribution in [-0.4, -0.2) is 12.8 Å². The molecular formula is C18H19F4N3. The number of hydrogen-bond donors (Lipinski definition) is 2. The van der Waals surface area contributed by atoms with E-state index in [1.807, 2.05) is 0 Å². The highest BCUT2D eigenvalue weighted by Gasteiger charge is 2.11. The molecule has 134 valence electrons. The van der Waals surface area contributed by atoms with Crippen molar-refractivity contribution < 1.29 is 19.0 Å². The van der Waals surface area contributed by atoms with Gasteiger partial charge in [0.2, 0.25) is 0 Å². The van der Waals surface area contributed by atoms with E-state index < -0.39 is 12.4 Å². The van der Waals surface area contributed by atoms with Crippen molar-refractivity contribution in [3.63, 3.8) is 0 Å². The lowest BCUT2D eigenvalue weighted by Crippen LogP contribution is -2.05. The monoisotopic (exact) mass is 353 g/mol. The summed E-state index contributed by atoms with van der Waals surface area (Å²) in [5, 5.41) is 2.91. The molecule has 0 heterocycles. The van der Waals surface area contributed by atoms with Gasteiger partial charge in [-0.25, -0.2) is 13.8 Å². The number of aliphatic imine (C=N–C) groups is 1. The highest BCUT2D eigenvalue weighted by Crippen LogP contribution is 2.23. The predicted octanol–water partition coefficient (Wildman–Crippen LogP) is 4.81. The van der Waals surface area contributed by atoms with E-state index in [1.165, 1.54) is 25.1 Å². The quantitative estimate of drug-likeness (QED) is 0.445. The number of anilines is 1. The van der Waals surface area contributed by atoms with Gasteiger partial charge in [-0.3, -0.25) is 0 Å². The minimum absolute atomic E-state index is 0. The van der Waals surface area contributed by atoms with Crippen molar-refractivity contribution in [3.8, 4) is 0 Å². The Morgan fingerprint density at radius 3 is 2.52 bits per heavy atom. The lowest BCUT2D eigenvalue weighted by atomic mass is 10.0. The summed E-state index contributed by atoms with van der Waals surface area (Å²) in [5.41, 5.74) is 6.79. The van der Waals surface area contributed by atoms with Gasteiger partial charge in [-0.15, -0.1) is 0 Å². The molecule has 0 fully saturated rings. The normalized spacial score (nSPS) is 12.6. The van der Waals surface area contributed by atoms with E-state index >= 15 is 0 Å². The molecule has 0 aliphatic carbocycles. The SMILES string of the molecule is C/C(N)=C(/C=N/C(F)F)c1ccc(NCc2ccccc2F)cc1F.[HH]. The van der Waals surface area contributed by atoms with E-state index in [4.69, 9.17) is 5.73 Å². The third-order valence-corrected chi connectivity index (χ3v) is 3.44. The van der Waals surface area contributed by atoms with E-state index in [-0.39, 0.29) is 30.6 Å². The highest BCUT2D eigenvalue weighted by atomic mass is 19.3. The summed E-state index contributed by atoms with van der Waals surface area (Å²) in [6.07, 6.45) is 0.852. The molecule has 0 radical (unpaired) electrons. The zero-order valence-electron chi connectivity index (χ0n) is 13.4. The van der Waals surface area contributed by atoms with E-state index in [0.29, 0.717) is 11.3 Å². The summed E-state index contributed by atoms with van der Waals surface area (Å²) in [4.78, 5) is 2.95. The predicted molar refractivity (Wildman–Crippen MR) is 93.5 cm³/mol. The Morgan fingerprint density at radius 2 is 1.92 bits per heavy atom. The van der Waals surface area contributed by atoms with Gasteiger partial charge in [0.1, 0.15) is 11.6 Å². The Balaban J connectivity index is 0.00000338. The fraction of sp³-hybridized carbons (Fsp3) is 0.167. The van der Waals surface area contributed by atoms with Crippen molar-refractivity contribution >= 4 is 17.5 Å². The van der Waals surface area contributed by atoms with Crippen molar-refractivity contribution in [2.75, 3.05) is 5.32 Å². The fourth-order valence-corrected chi connectivity index (χ4v) is 2.20. The van der Waals surface area contributed by atoms with Crippen LogP contribution < -0.4 is 11.1 Å². The number of nitrogens with one attached hydrogen (secondary N) is 1. The van der Waals surface area contributed by atoms with Crippen LogP contribution in [0.1, 0.15) is 19.5 Å². The Hall–Kier alpha value is -2.83. The molecule has 3 N–H and O–H groups in total. The number of benzene rings is 2. The number of halogens is 4. The molecule has 0 unspecified atom stereocenters. The minimum atomic E-state index is -2.90. The van der Waals surface area contributed by atoms with Crippen LogP contribution in [0.25, 0.3) is 5.57 Å². The van der Waals surface area contributed by atoms with Crippen LogP contribution in [0, 0.1) is 11.6 Å². The number of nitrogens with zero attached hydrogens (tertiary/aromatic N) is 1. The Labute approximate surface area is 144 Å². The van der Waals surface area contributed by atoms with E-state index in [9.17, 15) is 17.6 Å². The molecule has 0 aliphatic rings. The molecule has 0 atom stereocenters. The summed E-state index contributed by atoms with van der Waals surface area (Å²) in [5.74, 6) is -1.02. The third kappa shape index (κ3) is 5.07. The first-order chi connectivity index (χ1) is 11.9. The molecule has 3 nitrogen and oxygen atoms in total. The van der Waals surface area contributed by atoms with Crippen LogP contribution in [0.5, 0.6) is 0 Å². The van der Waals surface area contributed by atoms with Gasteiger partial charge < -0.3 is 11.1 Å². The summed E-state index contributed by atoms with van der Waals surface area (Å²) in [6.45, 7) is -1.26. The zero-order valence-corrected chi connectivity index (χ0v) is 13.4. The van der Waals surface area contributed by atoms with Crippen LogP contribution in [0.3, 0.4) is 0 Å². The average Bonchev–Trinajstić information content (AvgIpc) is 2.55. The number of allylic oxidation sites excluding steroid dienone is 2. The maximum absolute atomic E-state index is 14.3. The van der Waals surface area contributed by atoms with Gasteiger partial charge in [-0.2, -0.15) is 8.78 Å². The molecule has 0 spiro atoms. The van der Waals surface area contributed by atoms with E-state index in [1.54, 1.807) is 24.3 Å². The number of alkyl halides is 2. The van der Waals surface area contributed by atoms with Crippen LogP contribution >= 0.6 is 0 Å². The first-order valence-corrected chi connectivity index (χ1v) is 7.43. The van der Waals surface area contributed by atoms with Crippen molar-refractivity contribution in [1.29, 1.82) is 0 Å². The maximum Gasteiger partial charge on any atom is 0.331 e. The molecule has 25 heavy (non-hydrogen) atoms. The standard InChI is InChI=1S/C18H17F4N3.H2/c1-11(23)15(10-25-18(21)22)14-7-6-13(8-17(14)20)24-9-12-4-2-3-5-16(12)19;/h2-8,10,18,24H,9,23H2,1H3;1H/b15-11+,25-10+;. The fourth-order valence-electron chi connectivity index (χ4n) is 2.20. The van der Waals surface area contributed by atoms with E-state index in [2.05, 4.69) is 10.3 Å². The molecule has 2 rings (SSSR count).